The Labute approximate surface area is 233 Å². The normalized spacial score (nSPS) is 13.4. The van der Waals surface area contributed by atoms with Crippen molar-refractivity contribution in [2.24, 2.45) is 0 Å². The molecular weight excluding hydrogens is 566 g/mol. The van der Waals surface area contributed by atoms with E-state index in [0.717, 1.165) is 34.4 Å². The number of carbonyl (C=O) groups is 2. The fourth-order valence-corrected chi connectivity index (χ4v) is 5.10. The monoisotopic (exact) mass is 591 g/mol. The lowest BCUT2D eigenvalue weighted by molar-refractivity contribution is -0.113. The Morgan fingerprint density at radius 3 is 2.42 bits per heavy atom. The van der Waals surface area contributed by atoms with E-state index in [4.69, 9.17) is 4.42 Å². The third-order valence-corrected chi connectivity index (χ3v) is 7.50. The molecule has 1 aliphatic rings. The summed E-state index contributed by atoms with van der Waals surface area (Å²) in [7, 11) is 0. The summed E-state index contributed by atoms with van der Waals surface area (Å²) >= 11 is 4.63. The van der Waals surface area contributed by atoms with Crippen LogP contribution in [-0.4, -0.2) is 58.8 Å². The number of benzene rings is 3. The Balaban J connectivity index is 1.09. The van der Waals surface area contributed by atoms with Gasteiger partial charge in [-0.2, -0.15) is 0 Å². The number of piperazine rings is 1. The van der Waals surface area contributed by atoms with Gasteiger partial charge < -0.3 is 19.5 Å². The second-order valence-corrected chi connectivity index (χ2v) is 10.8. The zero-order valence-electron chi connectivity index (χ0n) is 20.8. The van der Waals surface area contributed by atoms with Crippen LogP contribution in [0.25, 0.3) is 11.5 Å². The molecule has 0 unspecified atom stereocenters. The van der Waals surface area contributed by atoms with Crippen LogP contribution < -0.4 is 10.2 Å². The van der Waals surface area contributed by atoms with E-state index in [1.807, 2.05) is 84.6 Å². The molecule has 10 heteroatoms. The second-order valence-electron chi connectivity index (χ2n) is 8.91. The van der Waals surface area contributed by atoms with Crippen LogP contribution in [0.2, 0.25) is 0 Å². The van der Waals surface area contributed by atoms with Gasteiger partial charge >= 0.3 is 0 Å². The number of nitrogens with zero attached hydrogens (tertiary/aromatic N) is 4. The molecule has 2 heterocycles. The van der Waals surface area contributed by atoms with Crippen LogP contribution in [0.3, 0.4) is 0 Å². The minimum Gasteiger partial charge on any atom is -0.411 e. The summed E-state index contributed by atoms with van der Waals surface area (Å²) in [4.78, 5) is 29.4. The van der Waals surface area contributed by atoms with E-state index in [1.54, 1.807) is 0 Å². The summed E-state index contributed by atoms with van der Waals surface area (Å²) in [6.45, 7) is 4.82. The van der Waals surface area contributed by atoms with Crippen LogP contribution in [0.4, 0.5) is 11.4 Å². The van der Waals surface area contributed by atoms with E-state index >= 15 is 0 Å². The molecule has 8 nitrogen and oxygen atoms in total. The number of carbonyl (C=O) groups excluding carboxylic acids is 2. The van der Waals surface area contributed by atoms with Crippen molar-refractivity contribution in [3.8, 4) is 11.5 Å². The number of hydrogen-bond donors (Lipinski definition) is 1. The van der Waals surface area contributed by atoms with E-state index in [-0.39, 0.29) is 17.6 Å². The molecule has 0 radical (unpaired) electrons. The Morgan fingerprint density at radius 1 is 0.974 bits per heavy atom. The van der Waals surface area contributed by atoms with Gasteiger partial charge in [-0.15, -0.1) is 10.2 Å². The van der Waals surface area contributed by atoms with Crippen molar-refractivity contribution in [2.45, 2.75) is 12.1 Å². The van der Waals surface area contributed by atoms with Crippen molar-refractivity contribution in [3.05, 3.63) is 88.4 Å². The van der Waals surface area contributed by atoms with Crippen LogP contribution >= 0.6 is 27.7 Å². The van der Waals surface area contributed by atoms with E-state index < -0.39 is 0 Å². The van der Waals surface area contributed by atoms with E-state index in [0.29, 0.717) is 35.5 Å². The highest BCUT2D eigenvalue weighted by atomic mass is 79.9. The van der Waals surface area contributed by atoms with Gasteiger partial charge in [0.15, 0.2) is 0 Å². The Hall–Kier alpha value is -3.63. The number of aryl methyl sites for hydroxylation is 1. The summed E-state index contributed by atoms with van der Waals surface area (Å²) in [6.07, 6.45) is 0. The molecule has 194 valence electrons. The Morgan fingerprint density at radius 2 is 1.71 bits per heavy atom. The molecule has 0 saturated carbocycles. The first-order chi connectivity index (χ1) is 18.4. The van der Waals surface area contributed by atoms with Crippen LogP contribution in [0.15, 0.2) is 86.9 Å². The van der Waals surface area contributed by atoms with Crippen molar-refractivity contribution in [1.29, 1.82) is 0 Å². The number of anilines is 2. The predicted molar refractivity (Wildman–Crippen MR) is 153 cm³/mol. The third kappa shape index (κ3) is 6.43. The molecule has 1 saturated heterocycles. The van der Waals surface area contributed by atoms with Gasteiger partial charge in [0.25, 0.3) is 11.1 Å². The van der Waals surface area contributed by atoms with Crippen LogP contribution in [0, 0.1) is 6.92 Å². The summed E-state index contributed by atoms with van der Waals surface area (Å²) < 4.78 is 6.57. The molecule has 1 fully saturated rings. The number of aromatic nitrogens is 2. The van der Waals surface area contributed by atoms with Crippen LogP contribution in [0.5, 0.6) is 0 Å². The van der Waals surface area contributed by atoms with Gasteiger partial charge in [0, 0.05) is 53.2 Å². The second kappa shape index (κ2) is 11.8. The molecule has 4 aromatic rings. The first-order valence-corrected chi connectivity index (χ1v) is 14.0. The van der Waals surface area contributed by atoms with Gasteiger partial charge in [0.2, 0.25) is 11.8 Å². The summed E-state index contributed by atoms with van der Waals surface area (Å²) in [5, 5.41) is 11.4. The molecule has 0 atom stereocenters. The average molecular weight is 593 g/mol. The molecule has 0 aliphatic carbocycles. The average Bonchev–Trinajstić information content (AvgIpc) is 3.42. The quantitative estimate of drug-likeness (QED) is 0.284. The van der Waals surface area contributed by atoms with Crippen LogP contribution in [0.1, 0.15) is 15.9 Å². The SMILES string of the molecule is Cc1ccc(-c2nnc(SCC(=O)Nc3ccc(N4CCN(C(=O)c5cccc(Br)c5)CC4)cc3)o2)cc1. The molecule has 3 aromatic carbocycles. The standard InChI is InChI=1S/C28H26BrN5O3S/c1-19-5-7-20(8-6-19)26-31-32-28(37-26)38-18-25(35)30-23-9-11-24(12-10-23)33-13-15-34(16-14-33)27(36)21-3-2-4-22(29)17-21/h2-12,17H,13-16,18H2,1H3,(H,30,35). The summed E-state index contributed by atoms with van der Waals surface area (Å²) in [6, 6.07) is 23.1. The largest absolute Gasteiger partial charge is 0.411 e. The smallest absolute Gasteiger partial charge is 0.277 e. The fourth-order valence-electron chi connectivity index (χ4n) is 4.13. The number of amides is 2. The highest BCUT2D eigenvalue weighted by molar-refractivity contribution is 9.10. The molecule has 5 rings (SSSR count). The van der Waals surface area contributed by atoms with E-state index in [2.05, 4.69) is 36.3 Å². The minimum absolute atomic E-state index is 0.0498. The molecule has 0 spiro atoms. The van der Waals surface area contributed by atoms with E-state index in [9.17, 15) is 9.59 Å². The minimum atomic E-state index is -0.155. The Bertz CT molecular complexity index is 1420. The fraction of sp³-hybridized carbons (Fsp3) is 0.214. The number of hydrogen-bond acceptors (Lipinski definition) is 7. The predicted octanol–water partition coefficient (Wildman–Crippen LogP) is 5.50. The van der Waals surface area contributed by atoms with Crippen molar-refractivity contribution >= 4 is 50.9 Å². The highest BCUT2D eigenvalue weighted by Crippen LogP contribution is 2.24. The molecule has 0 bridgehead atoms. The van der Waals surface area contributed by atoms with Gasteiger partial charge in [-0.25, -0.2) is 0 Å². The lowest BCUT2D eigenvalue weighted by Gasteiger charge is -2.36. The van der Waals surface area contributed by atoms with Crippen molar-refractivity contribution < 1.29 is 14.0 Å². The molecule has 38 heavy (non-hydrogen) atoms. The van der Waals surface area contributed by atoms with Gasteiger partial charge in [-0.05, 0) is 61.5 Å². The summed E-state index contributed by atoms with van der Waals surface area (Å²) in [5.74, 6) is 0.485. The Kier molecular flexibility index (Phi) is 8.09. The lowest BCUT2D eigenvalue weighted by atomic mass is 10.1. The number of nitrogens with one attached hydrogen (secondary N) is 1. The van der Waals surface area contributed by atoms with Gasteiger partial charge in [0.05, 0.1) is 5.75 Å². The first kappa shape index (κ1) is 26.0. The first-order valence-electron chi connectivity index (χ1n) is 12.2. The maximum atomic E-state index is 12.8. The molecule has 1 N–H and O–H groups in total. The van der Waals surface area contributed by atoms with Crippen LogP contribution in [-0.2, 0) is 4.79 Å². The molecular formula is C28H26BrN5O3S. The molecule has 1 aliphatic heterocycles. The van der Waals surface area contributed by atoms with Gasteiger partial charge in [0.1, 0.15) is 0 Å². The lowest BCUT2D eigenvalue weighted by Crippen LogP contribution is -2.48. The number of halogens is 1. The van der Waals surface area contributed by atoms with Crippen molar-refractivity contribution in [3.63, 3.8) is 0 Å². The zero-order valence-corrected chi connectivity index (χ0v) is 23.2. The number of rotatable bonds is 7. The number of thioether (sulfide) groups is 1. The highest BCUT2D eigenvalue weighted by Gasteiger charge is 2.22. The zero-order chi connectivity index (χ0) is 26.5. The molecule has 1 aromatic heterocycles. The topological polar surface area (TPSA) is 91.6 Å². The van der Waals surface area contributed by atoms with Crippen molar-refractivity contribution in [1.82, 2.24) is 15.1 Å². The molecule has 2 amide bonds. The van der Waals surface area contributed by atoms with Crippen molar-refractivity contribution in [2.75, 3.05) is 42.1 Å². The third-order valence-electron chi connectivity index (χ3n) is 6.19. The maximum absolute atomic E-state index is 12.8. The van der Waals surface area contributed by atoms with E-state index in [1.165, 1.54) is 11.8 Å². The van der Waals surface area contributed by atoms with Gasteiger partial charge in [-0.1, -0.05) is 51.5 Å². The van der Waals surface area contributed by atoms with Gasteiger partial charge in [-0.3, -0.25) is 9.59 Å². The summed E-state index contributed by atoms with van der Waals surface area (Å²) in [5.41, 5.74) is 4.46. The maximum Gasteiger partial charge on any atom is 0.277 e.